The first-order chi connectivity index (χ1) is 8.22. The summed E-state index contributed by atoms with van der Waals surface area (Å²) in [6, 6.07) is 7.79. The van der Waals surface area contributed by atoms with Gasteiger partial charge in [-0.05, 0) is 37.8 Å². The lowest BCUT2D eigenvalue weighted by molar-refractivity contribution is -0.107. The number of rotatable bonds is 4. The Bertz CT molecular complexity index is 467. The van der Waals surface area contributed by atoms with E-state index < -0.39 is 11.0 Å². The second kappa shape index (κ2) is 4.03. The first kappa shape index (κ1) is 11.1. The van der Waals surface area contributed by atoms with Crippen LogP contribution in [0, 0.1) is 12.8 Å². The Hall–Kier alpha value is -1.00. The molecule has 1 aliphatic heterocycles. The van der Waals surface area contributed by atoms with Gasteiger partial charge in [-0.25, -0.2) is 8.51 Å². The van der Waals surface area contributed by atoms with Crippen molar-refractivity contribution in [3.63, 3.8) is 0 Å². The van der Waals surface area contributed by atoms with Crippen LogP contribution in [0.15, 0.2) is 29.2 Å². The van der Waals surface area contributed by atoms with Crippen molar-refractivity contribution >= 4 is 17.3 Å². The number of carbonyl (C=O) groups excluding carboxylic acids is 1. The van der Waals surface area contributed by atoms with E-state index in [9.17, 15) is 9.00 Å². The average molecular weight is 249 g/mol. The number of aldehydes is 1. The van der Waals surface area contributed by atoms with Gasteiger partial charge in [-0.3, -0.25) is 0 Å². The van der Waals surface area contributed by atoms with Crippen LogP contribution in [0.2, 0.25) is 0 Å². The number of benzene rings is 1. The van der Waals surface area contributed by atoms with Gasteiger partial charge < -0.3 is 4.79 Å². The fraction of sp³-hybridized carbons (Fsp3) is 0.462. The normalized spacial score (nSPS) is 33.1. The molecule has 90 valence electrons. The number of carbonyl (C=O) groups is 1. The topological polar surface area (TPSA) is 37.1 Å². The first-order valence-corrected chi connectivity index (χ1v) is 7.05. The van der Waals surface area contributed by atoms with E-state index in [1.807, 2.05) is 35.5 Å². The molecular formula is C13H15NO2S. The van der Waals surface area contributed by atoms with Crippen molar-refractivity contribution in [1.29, 1.82) is 0 Å². The van der Waals surface area contributed by atoms with Crippen LogP contribution in [-0.4, -0.2) is 26.9 Å². The molecule has 1 aromatic rings. The van der Waals surface area contributed by atoms with Gasteiger partial charge >= 0.3 is 0 Å². The largest absolute Gasteiger partial charge is 0.302 e. The lowest BCUT2D eigenvalue weighted by Gasteiger charge is -2.03. The van der Waals surface area contributed by atoms with Crippen molar-refractivity contribution in [2.45, 2.75) is 36.7 Å². The molecule has 0 bridgehead atoms. The fourth-order valence-electron chi connectivity index (χ4n) is 2.31. The Balaban J connectivity index is 1.78. The van der Waals surface area contributed by atoms with Gasteiger partial charge in [-0.15, -0.1) is 0 Å². The third-order valence-electron chi connectivity index (χ3n) is 3.51. The molecule has 0 radical (unpaired) electrons. The average Bonchev–Trinajstić information content (AvgIpc) is 3.21. The molecular weight excluding hydrogens is 234 g/mol. The monoisotopic (exact) mass is 249 g/mol. The zero-order valence-corrected chi connectivity index (χ0v) is 10.5. The number of hydrogen-bond donors (Lipinski definition) is 0. The number of nitrogens with zero attached hydrogens (tertiary/aromatic N) is 1. The molecule has 2 aliphatic rings. The van der Waals surface area contributed by atoms with Gasteiger partial charge in [0.05, 0.1) is 10.9 Å². The summed E-state index contributed by atoms with van der Waals surface area (Å²) >= 11 is 0. The molecule has 0 aromatic heterocycles. The van der Waals surface area contributed by atoms with E-state index in [-0.39, 0.29) is 12.1 Å². The Morgan fingerprint density at radius 1 is 1.29 bits per heavy atom. The predicted octanol–water partition coefficient (Wildman–Crippen LogP) is 1.68. The highest BCUT2D eigenvalue weighted by atomic mass is 32.2. The lowest BCUT2D eigenvalue weighted by Crippen LogP contribution is -2.09. The smallest absolute Gasteiger partial charge is 0.139 e. The first-order valence-electron chi connectivity index (χ1n) is 5.94. The van der Waals surface area contributed by atoms with Crippen molar-refractivity contribution in [1.82, 2.24) is 4.31 Å². The van der Waals surface area contributed by atoms with Crippen LogP contribution in [-0.2, 0) is 15.8 Å². The molecule has 2 fully saturated rings. The summed E-state index contributed by atoms with van der Waals surface area (Å²) in [4.78, 5) is 11.7. The molecule has 1 aromatic carbocycles. The number of aryl methyl sites for hydroxylation is 1. The van der Waals surface area contributed by atoms with Gasteiger partial charge in [-0.1, -0.05) is 17.7 Å². The van der Waals surface area contributed by atoms with E-state index >= 15 is 0 Å². The molecule has 1 heterocycles. The minimum atomic E-state index is -1.17. The minimum Gasteiger partial charge on any atom is -0.302 e. The third kappa shape index (κ3) is 1.96. The van der Waals surface area contributed by atoms with Gasteiger partial charge in [0.1, 0.15) is 17.3 Å². The molecule has 1 saturated heterocycles. The van der Waals surface area contributed by atoms with Gasteiger partial charge in [0, 0.05) is 6.04 Å². The van der Waals surface area contributed by atoms with Crippen LogP contribution in [0.3, 0.4) is 0 Å². The van der Waals surface area contributed by atoms with Crippen LogP contribution in [0.1, 0.15) is 18.4 Å². The summed E-state index contributed by atoms with van der Waals surface area (Å²) in [7, 11) is -1.17. The Morgan fingerprint density at radius 3 is 2.47 bits per heavy atom. The molecule has 4 atom stereocenters. The molecule has 0 N–H and O–H groups in total. The molecule has 0 spiro atoms. The van der Waals surface area contributed by atoms with Crippen LogP contribution in [0.25, 0.3) is 0 Å². The van der Waals surface area contributed by atoms with E-state index in [0.29, 0.717) is 5.92 Å². The quantitative estimate of drug-likeness (QED) is 0.601. The summed E-state index contributed by atoms with van der Waals surface area (Å²) in [6.45, 7) is 2.01. The van der Waals surface area contributed by atoms with E-state index in [1.54, 1.807) is 0 Å². The SMILES string of the molecule is Cc1ccc(S(=O)N2[C@H](C3CC3)[C@@H]2C=O)cc1. The van der Waals surface area contributed by atoms with Crippen molar-refractivity contribution < 1.29 is 9.00 Å². The third-order valence-corrected chi connectivity index (χ3v) is 5.05. The maximum Gasteiger partial charge on any atom is 0.139 e. The summed E-state index contributed by atoms with van der Waals surface area (Å²) in [5.74, 6) is 0.597. The standard InChI is InChI=1S/C13H15NO2S/c1-9-2-6-11(7-3-9)17(16)14-12(8-15)13(14)10-4-5-10/h2-3,6-8,10,12-13H,4-5H2,1H3/t12-,13+,14?,17?/m0/s1. The highest BCUT2D eigenvalue weighted by Crippen LogP contribution is 2.47. The lowest BCUT2D eigenvalue weighted by atomic mass is 10.2. The molecule has 1 saturated carbocycles. The predicted molar refractivity (Wildman–Crippen MR) is 65.8 cm³/mol. The van der Waals surface area contributed by atoms with Gasteiger partial charge in [0.2, 0.25) is 0 Å². The maximum atomic E-state index is 12.3. The molecule has 17 heavy (non-hydrogen) atoms. The maximum absolute atomic E-state index is 12.3. The van der Waals surface area contributed by atoms with Crippen LogP contribution >= 0.6 is 0 Å². The summed E-state index contributed by atoms with van der Waals surface area (Å²) in [5, 5.41) is 0. The zero-order chi connectivity index (χ0) is 12.0. The van der Waals surface area contributed by atoms with Crippen LogP contribution in [0.5, 0.6) is 0 Å². The van der Waals surface area contributed by atoms with E-state index in [1.165, 1.54) is 12.8 Å². The highest BCUT2D eigenvalue weighted by molar-refractivity contribution is 7.83. The van der Waals surface area contributed by atoms with E-state index in [2.05, 4.69) is 0 Å². The summed E-state index contributed by atoms with van der Waals surface area (Å²) in [6.07, 6.45) is 3.29. The fourth-order valence-corrected chi connectivity index (χ4v) is 3.78. The molecule has 3 nitrogen and oxygen atoms in total. The minimum absolute atomic E-state index is 0.121. The Kier molecular flexibility index (Phi) is 2.64. The van der Waals surface area contributed by atoms with Crippen molar-refractivity contribution in [3.8, 4) is 0 Å². The van der Waals surface area contributed by atoms with E-state index in [4.69, 9.17) is 0 Å². The molecule has 2 unspecified atom stereocenters. The highest BCUT2D eigenvalue weighted by Gasteiger charge is 2.58. The van der Waals surface area contributed by atoms with Gasteiger partial charge in [0.15, 0.2) is 0 Å². The summed E-state index contributed by atoms with van der Waals surface area (Å²) in [5.41, 5.74) is 1.15. The molecule has 0 amide bonds. The van der Waals surface area contributed by atoms with Crippen LogP contribution in [0.4, 0.5) is 0 Å². The Labute approximate surface area is 103 Å². The van der Waals surface area contributed by atoms with Gasteiger partial charge in [-0.2, -0.15) is 0 Å². The van der Waals surface area contributed by atoms with E-state index in [0.717, 1.165) is 16.7 Å². The second-order valence-corrected chi connectivity index (χ2v) is 6.27. The van der Waals surface area contributed by atoms with Crippen molar-refractivity contribution in [2.24, 2.45) is 5.92 Å². The van der Waals surface area contributed by atoms with Crippen LogP contribution < -0.4 is 0 Å². The van der Waals surface area contributed by atoms with Crippen molar-refractivity contribution in [3.05, 3.63) is 29.8 Å². The van der Waals surface area contributed by atoms with Gasteiger partial charge in [0.25, 0.3) is 0 Å². The Morgan fingerprint density at radius 2 is 1.94 bits per heavy atom. The molecule has 1 aliphatic carbocycles. The summed E-state index contributed by atoms with van der Waals surface area (Å²) < 4.78 is 14.2. The second-order valence-electron chi connectivity index (χ2n) is 4.88. The van der Waals surface area contributed by atoms with Crippen molar-refractivity contribution in [2.75, 3.05) is 0 Å². The molecule has 4 heteroatoms. The number of hydrogen-bond acceptors (Lipinski definition) is 2. The molecule has 3 rings (SSSR count). The zero-order valence-electron chi connectivity index (χ0n) is 9.70.